The third-order valence-corrected chi connectivity index (χ3v) is 2.81. The average Bonchev–Trinajstić information content (AvgIpc) is 2.54. The summed E-state index contributed by atoms with van der Waals surface area (Å²) < 4.78 is 15.2. The molecule has 0 fully saturated rings. The molecule has 0 bridgehead atoms. The van der Waals surface area contributed by atoms with Crippen molar-refractivity contribution in [2.45, 2.75) is 13.2 Å². The van der Waals surface area contributed by atoms with E-state index in [-0.39, 0.29) is 12.0 Å². The van der Waals surface area contributed by atoms with E-state index in [2.05, 4.69) is 20.3 Å². The van der Waals surface area contributed by atoms with Crippen molar-refractivity contribution < 1.29 is 14.2 Å². The van der Waals surface area contributed by atoms with E-state index in [9.17, 15) is 0 Å². The quantitative estimate of drug-likeness (QED) is 0.830. The first-order chi connectivity index (χ1) is 10.3. The van der Waals surface area contributed by atoms with E-state index in [1.165, 1.54) is 14.2 Å². The van der Waals surface area contributed by atoms with Crippen LogP contribution >= 0.6 is 0 Å². The van der Waals surface area contributed by atoms with Gasteiger partial charge in [0.1, 0.15) is 0 Å². The summed E-state index contributed by atoms with van der Waals surface area (Å²) in [5.74, 6) is 0.394. The predicted molar refractivity (Wildman–Crippen MR) is 77.4 cm³/mol. The Labute approximate surface area is 123 Å². The van der Waals surface area contributed by atoms with Gasteiger partial charge in [-0.05, 0) is 11.1 Å². The lowest BCUT2D eigenvalue weighted by Crippen LogP contribution is -2.08. The minimum absolute atomic E-state index is 0.203. The molecule has 0 atom stereocenters. The molecule has 2 aromatic rings. The van der Waals surface area contributed by atoms with Crippen LogP contribution in [-0.4, -0.2) is 36.3 Å². The Hall–Kier alpha value is -2.41. The second-order valence-electron chi connectivity index (χ2n) is 4.19. The molecule has 0 aliphatic rings. The minimum Gasteiger partial charge on any atom is -0.467 e. The first-order valence-corrected chi connectivity index (χ1v) is 6.40. The van der Waals surface area contributed by atoms with Crippen LogP contribution in [0.15, 0.2) is 24.3 Å². The first kappa shape index (κ1) is 15.0. The van der Waals surface area contributed by atoms with Crippen LogP contribution in [-0.2, 0) is 17.9 Å². The van der Waals surface area contributed by atoms with Crippen LogP contribution in [0.3, 0.4) is 0 Å². The number of hydrogen-bond donors (Lipinski definition) is 1. The van der Waals surface area contributed by atoms with E-state index < -0.39 is 0 Å². The smallest absolute Gasteiger partial charge is 0.324 e. The molecule has 1 N–H and O–H groups in total. The molecule has 0 radical (unpaired) electrons. The first-order valence-electron chi connectivity index (χ1n) is 6.40. The number of ether oxygens (including phenoxy) is 3. The third-order valence-electron chi connectivity index (χ3n) is 2.81. The summed E-state index contributed by atoms with van der Waals surface area (Å²) in [5, 5.41) is 3.13. The van der Waals surface area contributed by atoms with Gasteiger partial charge in [0.25, 0.3) is 0 Å². The Morgan fingerprint density at radius 2 is 1.52 bits per heavy atom. The number of aromatic nitrogens is 3. The highest BCUT2D eigenvalue weighted by molar-refractivity contribution is 5.33. The van der Waals surface area contributed by atoms with E-state index in [0.717, 1.165) is 11.1 Å². The fraction of sp³-hybridized carbons (Fsp3) is 0.357. The summed E-state index contributed by atoms with van der Waals surface area (Å²) in [6.07, 6.45) is 0. The fourth-order valence-electron chi connectivity index (χ4n) is 1.80. The zero-order chi connectivity index (χ0) is 15.1. The molecule has 2 rings (SSSR count). The van der Waals surface area contributed by atoms with Crippen LogP contribution in [0.5, 0.6) is 12.0 Å². The van der Waals surface area contributed by atoms with Crippen LogP contribution in [0.25, 0.3) is 0 Å². The van der Waals surface area contributed by atoms with E-state index in [0.29, 0.717) is 19.1 Å². The Morgan fingerprint density at radius 3 is 2.10 bits per heavy atom. The highest BCUT2D eigenvalue weighted by atomic mass is 16.5. The topological polar surface area (TPSA) is 78.4 Å². The van der Waals surface area contributed by atoms with Crippen LogP contribution in [0.4, 0.5) is 5.95 Å². The molecule has 112 valence electrons. The maximum atomic E-state index is 5.18. The summed E-state index contributed by atoms with van der Waals surface area (Å²) >= 11 is 0. The van der Waals surface area contributed by atoms with Gasteiger partial charge in [-0.25, -0.2) is 0 Å². The SMILES string of the molecule is COCc1ccccc1CNc1nc(OC)nc(OC)n1. The molecule has 0 aliphatic carbocycles. The summed E-state index contributed by atoms with van der Waals surface area (Å²) in [6, 6.07) is 8.41. The molecule has 0 aliphatic heterocycles. The van der Waals surface area contributed by atoms with Gasteiger partial charge in [0.05, 0.1) is 20.8 Å². The fourth-order valence-corrected chi connectivity index (χ4v) is 1.80. The largest absolute Gasteiger partial charge is 0.467 e. The molecule has 0 saturated heterocycles. The monoisotopic (exact) mass is 290 g/mol. The van der Waals surface area contributed by atoms with Gasteiger partial charge in [-0.2, -0.15) is 9.97 Å². The van der Waals surface area contributed by atoms with Crippen molar-refractivity contribution in [3.63, 3.8) is 0 Å². The van der Waals surface area contributed by atoms with Crippen LogP contribution in [0, 0.1) is 0 Å². The molecular weight excluding hydrogens is 272 g/mol. The van der Waals surface area contributed by atoms with Gasteiger partial charge in [-0.1, -0.05) is 24.3 Å². The van der Waals surface area contributed by atoms with Crippen LogP contribution in [0.1, 0.15) is 11.1 Å². The Kier molecular flexibility index (Phi) is 5.28. The van der Waals surface area contributed by atoms with Gasteiger partial charge in [0, 0.05) is 13.7 Å². The normalized spacial score (nSPS) is 10.2. The molecule has 7 nitrogen and oxygen atoms in total. The standard InChI is InChI=1S/C14H18N4O3/c1-19-9-11-7-5-4-6-10(11)8-15-12-16-13(20-2)18-14(17-12)21-3/h4-7H,8-9H2,1-3H3,(H,15,16,17,18). The highest BCUT2D eigenvalue weighted by Gasteiger charge is 2.08. The van der Waals surface area contributed by atoms with Gasteiger partial charge in [-0.15, -0.1) is 4.98 Å². The number of benzene rings is 1. The molecule has 0 unspecified atom stereocenters. The Balaban J connectivity index is 2.12. The zero-order valence-electron chi connectivity index (χ0n) is 12.3. The van der Waals surface area contributed by atoms with Crippen molar-refractivity contribution in [3.05, 3.63) is 35.4 Å². The average molecular weight is 290 g/mol. The molecule has 1 aromatic carbocycles. The van der Waals surface area contributed by atoms with E-state index in [1.54, 1.807) is 7.11 Å². The summed E-state index contributed by atoms with van der Waals surface area (Å²) in [4.78, 5) is 12.2. The Morgan fingerprint density at radius 1 is 0.905 bits per heavy atom. The zero-order valence-corrected chi connectivity index (χ0v) is 12.3. The number of methoxy groups -OCH3 is 3. The van der Waals surface area contributed by atoms with Crippen molar-refractivity contribution in [1.29, 1.82) is 0 Å². The van der Waals surface area contributed by atoms with Gasteiger partial charge < -0.3 is 19.5 Å². The highest BCUT2D eigenvalue weighted by Crippen LogP contribution is 2.15. The summed E-state index contributed by atoms with van der Waals surface area (Å²) in [7, 11) is 4.66. The molecule has 7 heteroatoms. The lowest BCUT2D eigenvalue weighted by molar-refractivity contribution is 0.184. The number of hydrogen-bond acceptors (Lipinski definition) is 7. The van der Waals surface area contributed by atoms with E-state index >= 15 is 0 Å². The second-order valence-corrected chi connectivity index (χ2v) is 4.19. The van der Waals surface area contributed by atoms with Gasteiger partial charge in [-0.3, -0.25) is 0 Å². The molecule has 0 saturated carbocycles. The maximum Gasteiger partial charge on any atom is 0.324 e. The maximum absolute atomic E-state index is 5.18. The van der Waals surface area contributed by atoms with Crippen LogP contribution < -0.4 is 14.8 Å². The molecular formula is C14H18N4O3. The third kappa shape index (κ3) is 4.03. The lowest BCUT2D eigenvalue weighted by atomic mass is 10.1. The molecule has 1 heterocycles. The van der Waals surface area contributed by atoms with Crippen molar-refractivity contribution >= 4 is 5.95 Å². The second kappa shape index (κ2) is 7.39. The molecule has 0 amide bonds. The predicted octanol–water partition coefficient (Wildman–Crippen LogP) is 1.65. The van der Waals surface area contributed by atoms with Crippen molar-refractivity contribution in [3.8, 4) is 12.0 Å². The summed E-state index contributed by atoms with van der Waals surface area (Å²) in [5.41, 5.74) is 2.22. The van der Waals surface area contributed by atoms with Crippen molar-refractivity contribution in [1.82, 2.24) is 15.0 Å². The van der Waals surface area contributed by atoms with E-state index in [1.807, 2.05) is 24.3 Å². The van der Waals surface area contributed by atoms with E-state index in [4.69, 9.17) is 14.2 Å². The van der Waals surface area contributed by atoms with Gasteiger partial charge >= 0.3 is 12.0 Å². The Bertz CT molecular complexity index is 570. The number of nitrogens with zero attached hydrogens (tertiary/aromatic N) is 3. The van der Waals surface area contributed by atoms with Gasteiger partial charge in [0.15, 0.2) is 0 Å². The minimum atomic E-state index is 0.203. The molecule has 0 spiro atoms. The number of anilines is 1. The molecule has 21 heavy (non-hydrogen) atoms. The number of nitrogens with one attached hydrogen (secondary N) is 1. The lowest BCUT2D eigenvalue weighted by Gasteiger charge is -2.10. The van der Waals surface area contributed by atoms with Crippen molar-refractivity contribution in [2.75, 3.05) is 26.6 Å². The number of rotatable bonds is 7. The van der Waals surface area contributed by atoms with Gasteiger partial charge in [0.2, 0.25) is 5.95 Å². The van der Waals surface area contributed by atoms with Crippen LogP contribution in [0.2, 0.25) is 0 Å². The summed E-state index contributed by atoms with van der Waals surface area (Å²) in [6.45, 7) is 1.12. The molecule has 1 aromatic heterocycles. The van der Waals surface area contributed by atoms with Crippen molar-refractivity contribution in [2.24, 2.45) is 0 Å².